The SMILES string of the molecule is CCCC(=O)Nc1ccc(CNC(=O)Cc2ccc(C(=O)O)cc2)cc1. The van der Waals surface area contributed by atoms with Crippen LogP contribution >= 0.6 is 0 Å². The van der Waals surface area contributed by atoms with Gasteiger partial charge in [0.2, 0.25) is 11.8 Å². The van der Waals surface area contributed by atoms with Gasteiger partial charge in [0.05, 0.1) is 12.0 Å². The van der Waals surface area contributed by atoms with Gasteiger partial charge in [-0.3, -0.25) is 9.59 Å². The van der Waals surface area contributed by atoms with Gasteiger partial charge in [0, 0.05) is 18.7 Å². The van der Waals surface area contributed by atoms with Crippen LogP contribution in [0.25, 0.3) is 0 Å². The number of hydrogen-bond acceptors (Lipinski definition) is 3. The first-order valence-electron chi connectivity index (χ1n) is 8.45. The fraction of sp³-hybridized carbons (Fsp3) is 0.250. The normalized spacial score (nSPS) is 10.2. The smallest absolute Gasteiger partial charge is 0.335 e. The Bertz CT molecular complexity index is 767. The van der Waals surface area contributed by atoms with Crippen LogP contribution in [-0.4, -0.2) is 22.9 Å². The van der Waals surface area contributed by atoms with Gasteiger partial charge >= 0.3 is 5.97 Å². The average molecular weight is 354 g/mol. The van der Waals surface area contributed by atoms with E-state index in [0.29, 0.717) is 13.0 Å². The summed E-state index contributed by atoms with van der Waals surface area (Å²) >= 11 is 0. The summed E-state index contributed by atoms with van der Waals surface area (Å²) in [4.78, 5) is 34.4. The monoisotopic (exact) mass is 354 g/mol. The van der Waals surface area contributed by atoms with Crippen molar-refractivity contribution in [3.8, 4) is 0 Å². The van der Waals surface area contributed by atoms with Crippen molar-refractivity contribution in [3.63, 3.8) is 0 Å². The Morgan fingerprint density at radius 2 is 1.50 bits per heavy atom. The van der Waals surface area contributed by atoms with Gasteiger partial charge in [-0.2, -0.15) is 0 Å². The quantitative estimate of drug-likeness (QED) is 0.679. The van der Waals surface area contributed by atoms with Crippen LogP contribution in [0.1, 0.15) is 41.3 Å². The van der Waals surface area contributed by atoms with E-state index in [9.17, 15) is 14.4 Å². The Morgan fingerprint density at radius 3 is 2.08 bits per heavy atom. The molecule has 2 amide bonds. The van der Waals surface area contributed by atoms with E-state index in [1.807, 2.05) is 19.1 Å². The number of benzene rings is 2. The number of rotatable bonds is 8. The molecule has 0 aliphatic rings. The second kappa shape index (κ2) is 9.36. The minimum absolute atomic E-state index is 0.0116. The lowest BCUT2D eigenvalue weighted by molar-refractivity contribution is -0.120. The minimum atomic E-state index is -0.990. The number of anilines is 1. The number of amides is 2. The van der Waals surface area contributed by atoms with E-state index < -0.39 is 5.97 Å². The molecule has 136 valence electrons. The second-order valence-electron chi connectivity index (χ2n) is 5.95. The van der Waals surface area contributed by atoms with E-state index in [1.54, 1.807) is 24.3 Å². The van der Waals surface area contributed by atoms with Crippen molar-refractivity contribution in [1.82, 2.24) is 5.32 Å². The summed E-state index contributed by atoms with van der Waals surface area (Å²) in [6.45, 7) is 2.33. The zero-order chi connectivity index (χ0) is 18.9. The van der Waals surface area contributed by atoms with Crippen molar-refractivity contribution in [2.24, 2.45) is 0 Å². The molecule has 0 unspecified atom stereocenters. The first-order chi connectivity index (χ1) is 12.5. The zero-order valence-corrected chi connectivity index (χ0v) is 14.6. The highest BCUT2D eigenvalue weighted by atomic mass is 16.4. The van der Waals surface area contributed by atoms with Crippen molar-refractivity contribution < 1.29 is 19.5 Å². The fourth-order valence-corrected chi connectivity index (χ4v) is 2.37. The lowest BCUT2D eigenvalue weighted by atomic mass is 10.1. The summed E-state index contributed by atoms with van der Waals surface area (Å²) in [5.41, 5.74) is 2.60. The van der Waals surface area contributed by atoms with Gasteiger partial charge in [-0.1, -0.05) is 31.2 Å². The molecule has 0 aromatic heterocycles. The number of carbonyl (C=O) groups is 3. The van der Waals surface area contributed by atoms with Gasteiger partial charge in [-0.25, -0.2) is 4.79 Å². The summed E-state index contributed by atoms with van der Waals surface area (Å²) in [6, 6.07) is 13.5. The molecule has 0 heterocycles. The Hall–Kier alpha value is -3.15. The first kappa shape index (κ1) is 19.2. The maximum Gasteiger partial charge on any atom is 0.335 e. The van der Waals surface area contributed by atoms with Gasteiger partial charge in [-0.05, 0) is 41.8 Å². The number of carboxylic acid groups (broad SMARTS) is 1. The topological polar surface area (TPSA) is 95.5 Å². The Labute approximate surface area is 152 Å². The number of hydrogen-bond donors (Lipinski definition) is 3. The van der Waals surface area contributed by atoms with Crippen LogP contribution in [0.4, 0.5) is 5.69 Å². The summed E-state index contributed by atoms with van der Waals surface area (Å²) in [5, 5.41) is 14.5. The summed E-state index contributed by atoms with van der Waals surface area (Å²) in [6.07, 6.45) is 1.48. The molecule has 0 fully saturated rings. The van der Waals surface area contributed by atoms with Crippen molar-refractivity contribution in [2.75, 3.05) is 5.32 Å². The average Bonchev–Trinajstić information content (AvgIpc) is 2.62. The maximum absolute atomic E-state index is 12.0. The molecular weight excluding hydrogens is 332 g/mol. The lowest BCUT2D eigenvalue weighted by Crippen LogP contribution is -2.24. The third-order valence-corrected chi connectivity index (χ3v) is 3.77. The molecule has 6 heteroatoms. The molecule has 2 aromatic rings. The Balaban J connectivity index is 1.81. The lowest BCUT2D eigenvalue weighted by Gasteiger charge is -2.08. The van der Waals surface area contributed by atoms with Crippen LogP contribution in [0.15, 0.2) is 48.5 Å². The molecule has 0 aliphatic carbocycles. The Morgan fingerprint density at radius 1 is 0.885 bits per heavy atom. The maximum atomic E-state index is 12.0. The highest BCUT2D eigenvalue weighted by Gasteiger charge is 2.06. The summed E-state index contributed by atoms with van der Waals surface area (Å²) in [5.74, 6) is -1.15. The van der Waals surface area contributed by atoms with Crippen molar-refractivity contribution in [2.45, 2.75) is 32.7 Å². The standard InChI is InChI=1S/C20H22N2O4/c1-2-3-18(23)22-17-10-6-15(7-11-17)13-21-19(24)12-14-4-8-16(9-5-14)20(25)26/h4-11H,2-3,12-13H2,1H3,(H,21,24)(H,22,23)(H,25,26). The molecule has 0 aliphatic heterocycles. The van der Waals surface area contributed by atoms with E-state index in [2.05, 4.69) is 10.6 Å². The second-order valence-corrected chi connectivity index (χ2v) is 5.95. The van der Waals surface area contributed by atoms with Crippen LogP contribution in [0.2, 0.25) is 0 Å². The number of nitrogens with one attached hydrogen (secondary N) is 2. The molecule has 0 bridgehead atoms. The van der Waals surface area contributed by atoms with E-state index in [4.69, 9.17) is 5.11 Å². The molecule has 0 spiro atoms. The molecule has 2 aromatic carbocycles. The molecule has 0 radical (unpaired) electrons. The summed E-state index contributed by atoms with van der Waals surface area (Å²) < 4.78 is 0. The van der Waals surface area contributed by atoms with E-state index in [1.165, 1.54) is 12.1 Å². The predicted molar refractivity (Wildman–Crippen MR) is 98.9 cm³/mol. The molecule has 6 nitrogen and oxygen atoms in total. The third-order valence-electron chi connectivity index (χ3n) is 3.77. The van der Waals surface area contributed by atoms with Crippen LogP contribution in [0, 0.1) is 0 Å². The van der Waals surface area contributed by atoms with Gasteiger partial charge in [0.25, 0.3) is 0 Å². The fourth-order valence-electron chi connectivity index (χ4n) is 2.37. The predicted octanol–water partition coefficient (Wildman–Crippen LogP) is 2.98. The molecular formula is C20H22N2O4. The van der Waals surface area contributed by atoms with Crippen molar-refractivity contribution >= 4 is 23.5 Å². The van der Waals surface area contributed by atoms with Gasteiger partial charge < -0.3 is 15.7 Å². The molecule has 3 N–H and O–H groups in total. The largest absolute Gasteiger partial charge is 0.478 e. The molecule has 26 heavy (non-hydrogen) atoms. The van der Waals surface area contributed by atoms with E-state index in [-0.39, 0.29) is 23.8 Å². The molecule has 2 rings (SSSR count). The molecule has 0 atom stereocenters. The van der Waals surface area contributed by atoms with Gasteiger partial charge in [0.1, 0.15) is 0 Å². The van der Waals surface area contributed by atoms with Crippen LogP contribution in [0.5, 0.6) is 0 Å². The van der Waals surface area contributed by atoms with Gasteiger partial charge in [-0.15, -0.1) is 0 Å². The highest BCUT2D eigenvalue weighted by Crippen LogP contribution is 2.10. The van der Waals surface area contributed by atoms with Crippen LogP contribution < -0.4 is 10.6 Å². The molecule has 0 saturated carbocycles. The van der Waals surface area contributed by atoms with E-state index in [0.717, 1.165) is 23.2 Å². The van der Waals surface area contributed by atoms with Crippen molar-refractivity contribution in [1.29, 1.82) is 0 Å². The first-order valence-corrected chi connectivity index (χ1v) is 8.45. The molecule has 0 saturated heterocycles. The van der Waals surface area contributed by atoms with Crippen LogP contribution in [-0.2, 0) is 22.6 Å². The van der Waals surface area contributed by atoms with Crippen molar-refractivity contribution in [3.05, 3.63) is 65.2 Å². The van der Waals surface area contributed by atoms with E-state index >= 15 is 0 Å². The summed E-state index contributed by atoms with van der Waals surface area (Å²) in [7, 11) is 0. The minimum Gasteiger partial charge on any atom is -0.478 e. The zero-order valence-electron chi connectivity index (χ0n) is 14.6. The number of carbonyl (C=O) groups excluding carboxylic acids is 2. The number of aromatic carboxylic acids is 1. The van der Waals surface area contributed by atoms with Crippen LogP contribution in [0.3, 0.4) is 0 Å². The van der Waals surface area contributed by atoms with Gasteiger partial charge in [0.15, 0.2) is 0 Å². The highest BCUT2D eigenvalue weighted by molar-refractivity contribution is 5.90. The third kappa shape index (κ3) is 6.05. The number of carboxylic acids is 1. The Kier molecular flexibility index (Phi) is 6.91.